The topological polar surface area (TPSA) is 27.0 Å². The Morgan fingerprint density at radius 2 is 2.23 bits per heavy atom. The molecule has 1 atom stereocenters. The minimum atomic E-state index is 0.404. The van der Waals surface area contributed by atoms with Crippen molar-refractivity contribution in [2.24, 2.45) is 0 Å². The quantitative estimate of drug-likeness (QED) is 0.682. The summed E-state index contributed by atoms with van der Waals surface area (Å²) in [5.74, 6) is 0.996. The van der Waals surface area contributed by atoms with Crippen LogP contribution < -0.4 is 0 Å². The molecule has 0 spiro atoms. The molecule has 1 fully saturated rings. The van der Waals surface area contributed by atoms with Crippen molar-refractivity contribution in [3.8, 4) is 6.07 Å². The number of thioether (sulfide) groups is 2. The number of aryl methyl sites for hydroxylation is 2. The van der Waals surface area contributed by atoms with E-state index >= 15 is 0 Å². The molecule has 1 aliphatic rings. The van der Waals surface area contributed by atoms with Gasteiger partial charge in [0.15, 0.2) is 0 Å². The molecule has 2 rings (SSSR count). The normalized spacial score (nSPS) is 20.0. The largest absolute Gasteiger partial charge is 0.315 e. The van der Waals surface area contributed by atoms with E-state index in [0.717, 1.165) is 9.99 Å². The van der Waals surface area contributed by atoms with E-state index in [9.17, 15) is 5.26 Å². The summed E-state index contributed by atoms with van der Waals surface area (Å²) in [6.45, 7) is 10.0. The molecule has 0 saturated carbocycles. The third-order valence-corrected chi connectivity index (χ3v) is 6.37. The summed E-state index contributed by atoms with van der Waals surface area (Å²) in [5, 5.41) is 9.91. The zero-order valence-electron chi connectivity index (χ0n) is 13.2. The van der Waals surface area contributed by atoms with Crippen LogP contribution in [-0.4, -0.2) is 10.7 Å². The number of hydrogen-bond donors (Lipinski definition) is 0. The molecule has 0 radical (unpaired) electrons. The van der Waals surface area contributed by atoms with Gasteiger partial charge >= 0.3 is 0 Å². The van der Waals surface area contributed by atoms with Crippen molar-refractivity contribution in [1.29, 1.82) is 5.26 Å². The van der Waals surface area contributed by atoms with Gasteiger partial charge in [-0.25, -0.2) is 0 Å². The summed E-state index contributed by atoms with van der Waals surface area (Å²) < 4.78 is 1.07. The number of benzene rings is 1. The molecule has 1 aromatic rings. The van der Waals surface area contributed by atoms with Crippen LogP contribution >= 0.6 is 23.5 Å². The second-order valence-corrected chi connectivity index (χ2v) is 7.60. The van der Waals surface area contributed by atoms with Gasteiger partial charge in [-0.2, -0.15) is 5.26 Å². The van der Waals surface area contributed by atoms with Crippen molar-refractivity contribution in [1.82, 2.24) is 4.90 Å². The fourth-order valence-corrected chi connectivity index (χ4v) is 5.39. The maximum Gasteiger partial charge on any atom is 0.144 e. The molecule has 0 N–H and O–H groups in total. The van der Waals surface area contributed by atoms with Crippen LogP contribution in [0, 0.1) is 25.2 Å². The van der Waals surface area contributed by atoms with Gasteiger partial charge in [-0.15, -0.1) is 23.5 Å². The molecule has 114 valence electrons. The van der Waals surface area contributed by atoms with E-state index in [-0.39, 0.29) is 0 Å². The van der Waals surface area contributed by atoms with Crippen LogP contribution in [0.4, 0.5) is 0 Å². The third kappa shape index (κ3) is 3.60. The highest BCUT2D eigenvalue weighted by Gasteiger charge is 2.27. The van der Waals surface area contributed by atoms with E-state index in [2.05, 4.69) is 44.7 Å². The Morgan fingerprint density at radius 1 is 1.45 bits per heavy atom. The highest BCUT2D eigenvalue weighted by molar-refractivity contribution is 8.25. The van der Waals surface area contributed by atoms with Crippen molar-refractivity contribution in [2.45, 2.75) is 26.0 Å². The minimum absolute atomic E-state index is 0.404. The summed E-state index contributed by atoms with van der Waals surface area (Å²) in [5.41, 5.74) is 4.64. The van der Waals surface area contributed by atoms with Crippen molar-refractivity contribution in [3.63, 3.8) is 0 Å². The fraction of sp³-hybridized carbons (Fsp3) is 0.278. The molecule has 0 amide bonds. The standard InChI is InChI=1S/C18H20N2S2/c1-5-9-20(6-2)16(11-19)18-21-12-17(22-18)15-8-7-13(3)10-14(15)4/h5-10,17H,2,12H2,1,3-4H3/b9-5-,18-16+. The van der Waals surface area contributed by atoms with Gasteiger partial charge in [0.05, 0.1) is 4.24 Å². The Morgan fingerprint density at radius 3 is 2.82 bits per heavy atom. The lowest BCUT2D eigenvalue weighted by Crippen LogP contribution is -2.07. The maximum atomic E-state index is 9.50. The monoisotopic (exact) mass is 328 g/mol. The average molecular weight is 329 g/mol. The van der Waals surface area contributed by atoms with Crippen molar-refractivity contribution >= 4 is 23.5 Å². The van der Waals surface area contributed by atoms with Crippen molar-refractivity contribution in [2.75, 3.05) is 5.75 Å². The molecule has 1 heterocycles. The molecule has 0 bridgehead atoms. The summed E-state index contributed by atoms with van der Waals surface area (Å²) in [6, 6.07) is 8.92. The second kappa shape index (κ2) is 7.62. The van der Waals surface area contributed by atoms with Gasteiger partial charge in [0.1, 0.15) is 11.8 Å². The van der Waals surface area contributed by atoms with Crippen molar-refractivity contribution in [3.05, 3.63) is 69.9 Å². The van der Waals surface area contributed by atoms with Crippen LogP contribution in [0.25, 0.3) is 0 Å². The van der Waals surface area contributed by atoms with Crippen molar-refractivity contribution < 1.29 is 0 Å². The van der Waals surface area contributed by atoms with E-state index in [1.165, 1.54) is 16.7 Å². The average Bonchev–Trinajstić information content (AvgIpc) is 2.96. The van der Waals surface area contributed by atoms with E-state index in [1.807, 2.05) is 19.2 Å². The predicted octanol–water partition coefficient (Wildman–Crippen LogP) is 5.50. The number of hydrogen-bond acceptors (Lipinski definition) is 4. The zero-order valence-corrected chi connectivity index (χ0v) is 14.8. The first-order chi connectivity index (χ1) is 10.6. The Hall–Kier alpha value is -1.57. The number of allylic oxidation sites excluding steroid dienone is 2. The van der Waals surface area contributed by atoms with Crippen LogP contribution in [0.1, 0.15) is 28.9 Å². The molecule has 0 aromatic heterocycles. The van der Waals surface area contributed by atoms with Gasteiger partial charge in [-0.1, -0.05) is 36.4 Å². The molecule has 22 heavy (non-hydrogen) atoms. The van der Waals surface area contributed by atoms with Crippen LogP contribution in [0.5, 0.6) is 0 Å². The molecule has 4 heteroatoms. The SMILES string of the molecule is C=CN(/C=C\C)/C(C#N)=C1\SCC(c2ccc(C)cc2C)S1. The van der Waals surface area contributed by atoms with Crippen LogP contribution in [0.2, 0.25) is 0 Å². The highest BCUT2D eigenvalue weighted by atomic mass is 32.2. The van der Waals surface area contributed by atoms with E-state index in [4.69, 9.17) is 0 Å². The Kier molecular flexibility index (Phi) is 5.82. The molecule has 1 saturated heterocycles. The maximum absolute atomic E-state index is 9.50. The van der Waals surface area contributed by atoms with Crippen LogP contribution in [0.15, 0.2) is 53.2 Å². The Bertz CT molecular complexity index is 668. The molecular weight excluding hydrogens is 308 g/mol. The number of nitrogens with zero attached hydrogens (tertiary/aromatic N) is 2. The van der Waals surface area contributed by atoms with Gasteiger partial charge in [-0.3, -0.25) is 0 Å². The summed E-state index contributed by atoms with van der Waals surface area (Å²) >= 11 is 3.54. The Labute approximate surface area is 141 Å². The first kappa shape index (κ1) is 16.8. The molecule has 1 aliphatic heterocycles. The summed E-state index contributed by atoms with van der Waals surface area (Å²) in [6.07, 6.45) is 5.45. The summed E-state index contributed by atoms with van der Waals surface area (Å²) in [4.78, 5) is 1.79. The minimum Gasteiger partial charge on any atom is -0.315 e. The van der Waals surface area contributed by atoms with E-state index in [0.29, 0.717) is 10.9 Å². The second-order valence-electron chi connectivity index (χ2n) is 5.10. The molecular formula is C18H20N2S2. The lowest BCUT2D eigenvalue weighted by molar-refractivity contribution is 0.657. The van der Waals surface area contributed by atoms with Crippen LogP contribution in [-0.2, 0) is 0 Å². The lowest BCUT2D eigenvalue weighted by Gasteiger charge is -2.15. The summed E-state index contributed by atoms with van der Waals surface area (Å²) in [7, 11) is 0. The van der Waals surface area contributed by atoms with Gasteiger partial charge in [-0.05, 0) is 31.9 Å². The molecule has 2 nitrogen and oxygen atoms in total. The smallest absolute Gasteiger partial charge is 0.144 e. The fourth-order valence-electron chi connectivity index (χ4n) is 2.41. The van der Waals surface area contributed by atoms with E-state index in [1.54, 1.807) is 34.6 Å². The van der Waals surface area contributed by atoms with Crippen LogP contribution in [0.3, 0.4) is 0 Å². The zero-order chi connectivity index (χ0) is 16.1. The van der Waals surface area contributed by atoms with Gasteiger partial charge in [0.25, 0.3) is 0 Å². The van der Waals surface area contributed by atoms with Gasteiger partial charge in [0.2, 0.25) is 0 Å². The molecule has 0 aliphatic carbocycles. The van der Waals surface area contributed by atoms with Gasteiger partial charge in [0, 0.05) is 23.4 Å². The lowest BCUT2D eigenvalue weighted by atomic mass is 10.0. The predicted molar refractivity (Wildman–Crippen MR) is 98.2 cm³/mol. The third-order valence-electron chi connectivity index (χ3n) is 3.45. The number of nitriles is 1. The highest BCUT2D eigenvalue weighted by Crippen LogP contribution is 2.52. The number of rotatable bonds is 4. The molecule has 1 aromatic carbocycles. The van der Waals surface area contributed by atoms with Gasteiger partial charge < -0.3 is 4.90 Å². The van der Waals surface area contributed by atoms with E-state index < -0.39 is 0 Å². The first-order valence-corrected chi connectivity index (χ1v) is 9.02. The first-order valence-electron chi connectivity index (χ1n) is 7.15. The Balaban J connectivity index is 2.29. The molecule has 1 unspecified atom stereocenters.